The van der Waals surface area contributed by atoms with E-state index in [-0.39, 0.29) is 24.3 Å². The topological polar surface area (TPSA) is 54.0 Å². The highest BCUT2D eigenvalue weighted by Gasteiger charge is 2.36. The van der Waals surface area contributed by atoms with Gasteiger partial charge in [0.15, 0.2) is 6.29 Å². The number of hydrogen-bond donors (Lipinski definition) is 0. The van der Waals surface area contributed by atoms with Crippen molar-refractivity contribution in [3.8, 4) is 0 Å². The third-order valence-electron chi connectivity index (χ3n) is 3.64. The monoisotopic (exact) mass is 290 g/mol. The smallest absolute Gasteiger partial charge is 0.372 e. The number of methoxy groups -OCH3 is 1. The molecule has 0 radical (unpaired) electrons. The molecule has 0 spiro atoms. The van der Waals surface area contributed by atoms with E-state index in [9.17, 15) is 4.79 Å². The van der Waals surface area contributed by atoms with Gasteiger partial charge < -0.3 is 18.9 Å². The Morgan fingerprint density at radius 2 is 2.05 bits per heavy atom. The highest BCUT2D eigenvalue weighted by molar-refractivity contribution is 5.86. The second-order valence-corrected chi connectivity index (χ2v) is 5.04. The van der Waals surface area contributed by atoms with Crippen LogP contribution in [0, 0.1) is 0 Å². The number of rotatable bonds is 2. The molecule has 0 amide bonds. The first-order valence-corrected chi connectivity index (χ1v) is 7.05. The molecule has 0 bridgehead atoms. The highest BCUT2D eigenvalue weighted by atomic mass is 16.7. The molecule has 1 aromatic carbocycles. The maximum Gasteiger partial charge on any atom is 0.372 e. The SMILES string of the molecule is COC(=O)C1=CCC[C@@H]2O[C@H](c3ccccc3)OC[C@H]2O1. The van der Waals surface area contributed by atoms with Gasteiger partial charge in [0.2, 0.25) is 5.76 Å². The first-order chi connectivity index (χ1) is 10.3. The van der Waals surface area contributed by atoms with Crippen molar-refractivity contribution in [3.63, 3.8) is 0 Å². The summed E-state index contributed by atoms with van der Waals surface area (Å²) < 4.78 is 22.1. The molecule has 0 aliphatic carbocycles. The number of esters is 1. The maximum absolute atomic E-state index is 11.6. The zero-order chi connectivity index (χ0) is 14.7. The van der Waals surface area contributed by atoms with Crippen molar-refractivity contribution in [1.82, 2.24) is 0 Å². The third-order valence-corrected chi connectivity index (χ3v) is 3.64. The van der Waals surface area contributed by atoms with Crippen molar-refractivity contribution in [1.29, 1.82) is 0 Å². The van der Waals surface area contributed by atoms with E-state index in [1.165, 1.54) is 7.11 Å². The number of carbonyl (C=O) groups is 1. The molecule has 1 saturated heterocycles. The lowest BCUT2D eigenvalue weighted by molar-refractivity contribution is -0.259. The van der Waals surface area contributed by atoms with E-state index in [4.69, 9.17) is 18.9 Å². The Bertz CT molecular complexity index is 525. The number of fused-ring (bicyclic) bond motifs is 1. The number of hydrogen-bond acceptors (Lipinski definition) is 5. The Kier molecular flexibility index (Phi) is 4.22. The van der Waals surface area contributed by atoms with Gasteiger partial charge in [-0.3, -0.25) is 0 Å². The van der Waals surface area contributed by atoms with Crippen LogP contribution < -0.4 is 0 Å². The van der Waals surface area contributed by atoms with Gasteiger partial charge in [-0.1, -0.05) is 30.3 Å². The molecule has 0 aromatic heterocycles. The zero-order valence-corrected chi connectivity index (χ0v) is 11.9. The van der Waals surface area contributed by atoms with Crippen LogP contribution in [0.2, 0.25) is 0 Å². The Balaban J connectivity index is 1.68. The van der Waals surface area contributed by atoms with E-state index in [0.29, 0.717) is 13.0 Å². The second-order valence-electron chi connectivity index (χ2n) is 5.04. The predicted molar refractivity (Wildman–Crippen MR) is 74.2 cm³/mol. The van der Waals surface area contributed by atoms with Gasteiger partial charge in [-0.05, 0) is 18.9 Å². The highest BCUT2D eigenvalue weighted by Crippen LogP contribution is 2.32. The molecule has 2 aliphatic rings. The molecule has 0 unspecified atom stereocenters. The van der Waals surface area contributed by atoms with E-state index in [1.807, 2.05) is 30.3 Å². The van der Waals surface area contributed by atoms with Crippen molar-refractivity contribution in [3.05, 3.63) is 47.7 Å². The van der Waals surface area contributed by atoms with Crippen LogP contribution in [0.3, 0.4) is 0 Å². The molecule has 1 fully saturated rings. The zero-order valence-electron chi connectivity index (χ0n) is 11.9. The first-order valence-electron chi connectivity index (χ1n) is 7.05. The lowest BCUT2D eigenvalue weighted by Crippen LogP contribution is -2.41. The average molecular weight is 290 g/mol. The van der Waals surface area contributed by atoms with Gasteiger partial charge in [0, 0.05) is 5.56 Å². The summed E-state index contributed by atoms with van der Waals surface area (Å²) in [6, 6.07) is 9.81. The molecule has 112 valence electrons. The number of benzene rings is 1. The summed E-state index contributed by atoms with van der Waals surface area (Å²) in [5, 5.41) is 0. The molecule has 5 nitrogen and oxygen atoms in total. The van der Waals surface area contributed by atoms with E-state index < -0.39 is 5.97 Å². The van der Waals surface area contributed by atoms with E-state index in [2.05, 4.69) is 0 Å². The molecule has 2 aliphatic heterocycles. The molecular formula is C16H18O5. The Morgan fingerprint density at radius 3 is 2.81 bits per heavy atom. The minimum Gasteiger partial charge on any atom is -0.478 e. The summed E-state index contributed by atoms with van der Waals surface area (Å²) >= 11 is 0. The fourth-order valence-electron chi connectivity index (χ4n) is 2.55. The molecule has 0 saturated carbocycles. The van der Waals surface area contributed by atoms with Crippen molar-refractivity contribution in [2.24, 2.45) is 0 Å². The molecule has 0 N–H and O–H groups in total. The van der Waals surface area contributed by atoms with Crippen LogP contribution in [-0.2, 0) is 23.7 Å². The molecule has 3 rings (SSSR count). The predicted octanol–water partition coefficient (Wildman–Crippen LogP) is 2.34. The van der Waals surface area contributed by atoms with Gasteiger partial charge in [-0.25, -0.2) is 4.79 Å². The molecular weight excluding hydrogens is 272 g/mol. The van der Waals surface area contributed by atoms with Crippen LogP contribution >= 0.6 is 0 Å². The summed E-state index contributed by atoms with van der Waals surface area (Å²) in [6.07, 6.45) is 2.51. The van der Waals surface area contributed by atoms with Gasteiger partial charge in [-0.15, -0.1) is 0 Å². The summed E-state index contributed by atoms with van der Waals surface area (Å²) in [5.41, 5.74) is 0.987. The largest absolute Gasteiger partial charge is 0.478 e. The number of ether oxygens (including phenoxy) is 4. The number of carbonyl (C=O) groups excluding carboxylic acids is 1. The average Bonchev–Trinajstić information content (AvgIpc) is 2.76. The third kappa shape index (κ3) is 3.09. The van der Waals surface area contributed by atoms with Gasteiger partial charge in [0.1, 0.15) is 12.2 Å². The summed E-state index contributed by atoms with van der Waals surface area (Å²) in [4.78, 5) is 11.6. The fourth-order valence-corrected chi connectivity index (χ4v) is 2.55. The van der Waals surface area contributed by atoms with Crippen LogP contribution in [-0.4, -0.2) is 31.9 Å². The fraction of sp³-hybridized carbons (Fsp3) is 0.438. The van der Waals surface area contributed by atoms with Crippen molar-refractivity contribution in [2.75, 3.05) is 13.7 Å². The van der Waals surface area contributed by atoms with Gasteiger partial charge in [-0.2, -0.15) is 0 Å². The van der Waals surface area contributed by atoms with Gasteiger partial charge >= 0.3 is 5.97 Å². The van der Waals surface area contributed by atoms with Crippen molar-refractivity contribution >= 4 is 5.97 Å². The van der Waals surface area contributed by atoms with Crippen LogP contribution in [0.25, 0.3) is 0 Å². The quantitative estimate of drug-likeness (QED) is 0.783. The van der Waals surface area contributed by atoms with E-state index in [0.717, 1.165) is 12.0 Å². The standard InChI is InChI=1S/C16H18O5/c1-18-15(17)13-9-5-8-12-14(20-13)10-19-16(21-12)11-6-3-2-4-7-11/h2-4,6-7,9,12,14,16H,5,8,10H2,1H3/t12-,14+,16+/m0/s1. The lowest BCUT2D eigenvalue weighted by atomic mass is 10.1. The molecule has 3 atom stereocenters. The lowest BCUT2D eigenvalue weighted by Gasteiger charge is -2.35. The molecule has 2 heterocycles. The minimum absolute atomic E-state index is 0.0950. The molecule has 21 heavy (non-hydrogen) atoms. The van der Waals surface area contributed by atoms with Crippen LogP contribution in [0.1, 0.15) is 24.7 Å². The Labute approximate surface area is 123 Å². The summed E-state index contributed by atoms with van der Waals surface area (Å²) in [7, 11) is 1.34. The number of allylic oxidation sites excluding steroid dienone is 1. The van der Waals surface area contributed by atoms with E-state index >= 15 is 0 Å². The summed E-state index contributed by atoms with van der Waals surface area (Å²) in [5.74, 6) is -0.212. The molecule has 1 aromatic rings. The Morgan fingerprint density at radius 1 is 1.24 bits per heavy atom. The van der Waals surface area contributed by atoms with E-state index in [1.54, 1.807) is 6.08 Å². The molecule has 5 heteroatoms. The van der Waals surface area contributed by atoms with Gasteiger partial charge in [0.05, 0.1) is 13.7 Å². The minimum atomic E-state index is -0.458. The van der Waals surface area contributed by atoms with Gasteiger partial charge in [0.25, 0.3) is 0 Å². The van der Waals surface area contributed by atoms with Crippen LogP contribution in [0.5, 0.6) is 0 Å². The second kappa shape index (κ2) is 6.28. The van der Waals surface area contributed by atoms with Crippen LogP contribution in [0.15, 0.2) is 42.2 Å². The first kappa shape index (κ1) is 14.1. The normalized spacial score (nSPS) is 28.6. The van der Waals surface area contributed by atoms with Crippen molar-refractivity contribution in [2.45, 2.75) is 31.3 Å². The Hall–Kier alpha value is -1.85. The summed E-state index contributed by atoms with van der Waals surface area (Å²) in [6.45, 7) is 0.387. The maximum atomic E-state index is 11.6. The van der Waals surface area contributed by atoms with Crippen LogP contribution in [0.4, 0.5) is 0 Å². The van der Waals surface area contributed by atoms with Crippen molar-refractivity contribution < 1.29 is 23.7 Å².